The number of aryl methyl sites for hydroxylation is 1. The molecule has 132 valence electrons. The lowest BCUT2D eigenvalue weighted by atomic mass is 9.76. The number of nitrogens with zero attached hydrogens (tertiary/aromatic N) is 1. The van der Waals surface area contributed by atoms with Gasteiger partial charge in [-0.15, -0.1) is 0 Å². The van der Waals surface area contributed by atoms with E-state index >= 15 is 0 Å². The molecule has 0 bridgehead atoms. The summed E-state index contributed by atoms with van der Waals surface area (Å²) in [6.07, 6.45) is 1.68. The summed E-state index contributed by atoms with van der Waals surface area (Å²) in [5.41, 5.74) is 3.17. The molecular weight excluding hydrogens is 328 g/mol. The molecule has 1 heterocycles. The van der Waals surface area contributed by atoms with Crippen LogP contribution in [-0.2, 0) is 28.9 Å². The second-order valence-electron chi connectivity index (χ2n) is 7.10. The van der Waals surface area contributed by atoms with Gasteiger partial charge in [0.15, 0.2) is 0 Å². The summed E-state index contributed by atoms with van der Waals surface area (Å²) in [6, 6.07) is 15.6. The maximum absolute atomic E-state index is 13.1. The molecule has 3 aromatic rings. The molecule has 4 rings (SSSR count). The maximum Gasteiger partial charge on any atom is 0.304 e. The minimum Gasteiger partial charge on any atom is -0.481 e. The van der Waals surface area contributed by atoms with Gasteiger partial charge in [-0.2, -0.15) is 0 Å². The van der Waals surface area contributed by atoms with E-state index in [0.29, 0.717) is 25.7 Å². The monoisotopic (exact) mass is 348 g/mol. The Morgan fingerprint density at radius 2 is 1.69 bits per heavy atom. The van der Waals surface area contributed by atoms with Crippen LogP contribution in [0.15, 0.2) is 48.5 Å². The molecule has 5 heteroatoms. The van der Waals surface area contributed by atoms with E-state index in [1.165, 1.54) is 0 Å². The molecule has 0 fully saturated rings. The number of carboxylic acid groups (broad SMARTS) is 1. The molecule has 0 atom stereocenters. The second-order valence-corrected chi connectivity index (χ2v) is 7.10. The summed E-state index contributed by atoms with van der Waals surface area (Å²) < 4.78 is 0. The Balaban J connectivity index is 1.53. The number of imidazole rings is 1. The zero-order valence-corrected chi connectivity index (χ0v) is 14.4. The number of ketones is 1. The number of hydrogen-bond acceptors (Lipinski definition) is 3. The lowest BCUT2D eigenvalue weighted by Crippen LogP contribution is -2.35. The van der Waals surface area contributed by atoms with Crippen molar-refractivity contribution in [1.29, 1.82) is 0 Å². The Hall–Kier alpha value is -2.95. The molecule has 2 aromatic carbocycles. The van der Waals surface area contributed by atoms with Crippen LogP contribution < -0.4 is 0 Å². The van der Waals surface area contributed by atoms with Gasteiger partial charge in [0.05, 0.1) is 17.5 Å². The summed E-state index contributed by atoms with van der Waals surface area (Å²) in [5.74, 6) is -0.146. The third-order valence-electron chi connectivity index (χ3n) is 5.28. The SMILES string of the molecule is O=C(O)CC1(C(=O)CCc2nc3ccccc3[nH]2)Cc2ccccc2C1. The van der Waals surface area contributed by atoms with Crippen molar-refractivity contribution in [3.8, 4) is 0 Å². The first-order chi connectivity index (χ1) is 12.6. The van der Waals surface area contributed by atoms with Gasteiger partial charge in [0.25, 0.3) is 0 Å². The highest BCUT2D eigenvalue weighted by Crippen LogP contribution is 2.41. The number of nitrogens with one attached hydrogen (secondary N) is 1. The van der Waals surface area contributed by atoms with E-state index < -0.39 is 11.4 Å². The van der Waals surface area contributed by atoms with Crippen LogP contribution in [0, 0.1) is 5.41 Å². The fourth-order valence-corrected chi connectivity index (χ4v) is 4.03. The molecule has 1 aliphatic rings. The Morgan fingerprint density at radius 3 is 2.35 bits per heavy atom. The number of fused-ring (bicyclic) bond motifs is 2. The molecule has 2 N–H and O–H groups in total. The predicted octanol–water partition coefficient (Wildman–Crippen LogP) is 3.32. The first-order valence-electron chi connectivity index (χ1n) is 8.81. The van der Waals surface area contributed by atoms with Crippen LogP contribution in [0.25, 0.3) is 11.0 Å². The lowest BCUT2D eigenvalue weighted by Gasteiger charge is -2.25. The number of carboxylic acids is 1. The number of aliphatic carboxylic acids is 1. The third-order valence-corrected chi connectivity index (χ3v) is 5.28. The zero-order chi connectivity index (χ0) is 18.1. The average Bonchev–Trinajstić information content (AvgIpc) is 3.19. The van der Waals surface area contributed by atoms with Crippen LogP contribution in [0.4, 0.5) is 0 Å². The fraction of sp³-hybridized carbons (Fsp3) is 0.286. The topological polar surface area (TPSA) is 83.0 Å². The number of aromatic nitrogens is 2. The zero-order valence-electron chi connectivity index (χ0n) is 14.4. The van der Waals surface area contributed by atoms with E-state index in [4.69, 9.17) is 0 Å². The second kappa shape index (κ2) is 6.41. The fourth-order valence-electron chi connectivity index (χ4n) is 4.03. The molecule has 1 aromatic heterocycles. The standard InChI is InChI=1S/C21H20N2O3/c24-18(9-10-19-22-16-7-3-4-8-17(16)23-19)21(13-20(25)26)11-14-5-1-2-6-15(14)12-21/h1-8H,9-13H2,(H,22,23)(H,25,26). The van der Waals surface area contributed by atoms with E-state index in [1.54, 1.807) is 0 Å². The molecule has 0 radical (unpaired) electrons. The molecule has 0 aliphatic heterocycles. The summed E-state index contributed by atoms with van der Waals surface area (Å²) in [6.45, 7) is 0. The number of hydrogen-bond donors (Lipinski definition) is 2. The first kappa shape index (κ1) is 16.5. The Morgan fingerprint density at radius 1 is 1.04 bits per heavy atom. The predicted molar refractivity (Wildman–Crippen MR) is 98.0 cm³/mol. The average molecular weight is 348 g/mol. The van der Waals surface area contributed by atoms with Crippen molar-refractivity contribution >= 4 is 22.8 Å². The van der Waals surface area contributed by atoms with Gasteiger partial charge >= 0.3 is 5.97 Å². The van der Waals surface area contributed by atoms with Crippen LogP contribution >= 0.6 is 0 Å². The van der Waals surface area contributed by atoms with Gasteiger partial charge < -0.3 is 10.1 Å². The van der Waals surface area contributed by atoms with Crippen molar-refractivity contribution in [2.45, 2.75) is 32.1 Å². The van der Waals surface area contributed by atoms with Crippen molar-refractivity contribution in [1.82, 2.24) is 9.97 Å². The van der Waals surface area contributed by atoms with Crippen LogP contribution in [-0.4, -0.2) is 26.8 Å². The van der Waals surface area contributed by atoms with E-state index in [9.17, 15) is 14.7 Å². The molecule has 0 saturated heterocycles. The Bertz CT molecular complexity index is 932. The van der Waals surface area contributed by atoms with Gasteiger partial charge in [-0.25, -0.2) is 4.98 Å². The number of carbonyl (C=O) groups excluding carboxylic acids is 1. The highest BCUT2D eigenvalue weighted by Gasteiger charge is 2.44. The van der Waals surface area contributed by atoms with Crippen molar-refractivity contribution in [3.63, 3.8) is 0 Å². The highest BCUT2D eigenvalue weighted by molar-refractivity contribution is 5.90. The van der Waals surface area contributed by atoms with Crippen LogP contribution in [0.3, 0.4) is 0 Å². The number of H-pyrrole nitrogens is 1. The molecule has 0 saturated carbocycles. The Kier molecular flexibility index (Phi) is 4.07. The van der Waals surface area contributed by atoms with Gasteiger partial charge in [-0.1, -0.05) is 36.4 Å². The number of Topliss-reactive ketones (excluding diaryl/α,β-unsaturated/α-hetero) is 1. The van der Waals surface area contributed by atoms with Crippen molar-refractivity contribution in [2.75, 3.05) is 0 Å². The molecular formula is C21H20N2O3. The molecule has 0 amide bonds. The minimum atomic E-state index is -0.921. The molecule has 0 spiro atoms. The van der Waals surface area contributed by atoms with Crippen molar-refractivity contribution < 1.29 is 14.7 Å². The van der Waals surface area contributed by atoms with Crippen LogP contribution in [0.1, 0.15) is 29.8 Å². The number of benzene rings is 2. The number of para-hydroxylation sites is 2. The molecule has 1 aliphatic carbocycles. The van der Waals surface area contributed by atoms with E-state index in [-0.39, 0.29) is 12.2 Å². The summed E-state index contributed by atoms with van der Waals surface area (Å²) in [5, 5.41) is 9.38. The molecule has 5 nitrogen and oxygen atoms in total. The molecule has 0 unspecified atom stereocenters. The van der Waals surface area contributed by atoms with E-state index in [1.807, 2.05) is 48.5 Å². The van der Waals surface area contributed by atoms with Gasteiger partial charge in [0.1, 0.15) is 11.6 Å². The number of rotatable bonds is 6. The highest BCUT2D eigenvalue weighted by atomic mass is 16.4. The Labute approximate surface area is 151 Å². The smallest absolute Gasteiger partial charge is 0.304 e. The maximum atomic E-state index is 13.1. The summed E-state index contributed by atoms with van der Waals surface area (Å²) >= 11 is 0. The van der Waals surface area contributed by atoms with Crippen LogP contribution in [0.2, 0.25) is 0 Å². The van der Waals surface area contributed by atoms with E-state index in [0.717, 1.165) is 28.0 Å². The minimum absolute atomic E-state index is 0.0107. The summed E-state index contributed by atoms with van der Waals surface area (Å²) in [7, 11) is 0. The quantitative estimate of drug-likeness (QED) is 0.716. The number of carbonyl (C=O) groups is 2. The van der Waals surface area contributed by atoms with Crippen molar-refractivity contribution in [3.05, 3.63) is 65.5 Å². The largest absolute Gasteiger partial charge is 0.481 e. The molecule has 26 heavy (non-hydrogen) atoms. The number of aromatic amines is 1. The van der Waals surface area contributed by atoms with Gasteiger partial charge in [0.2, 0.25) is 0 Å². The van der Waals surface area contributed by atoms with Gasteiger partial charge in [-0.05, 0) is 36.1 Å². The van der Waals surface area contributed by atoms with Gasteiger partial charge in [-0.3, -0.25) is 9.59 Å². The lowest BCUT2D eigenvalue weighted by molar-refractivity contribution is -0.144. The van der Waals surface area contributed by atoms with Crippen LogP contribution in [0.5, 0.6) is 0 Å². The normalized spacial score (nSPS) is 15.1. The first-order valence-corrected chi connectivity index (χ1v) is 8.81. The van der Waals surface area contributed by atoms with Crippen molar-refractivity contribution in [2.24, 2.45) is 5.41 Å². The third kappa shape index (κ3) is 3.01. The van der Waals surface area contributed by atoms with E-state index in [2.05, 4.69) is 9.97 Å². The van der Waals surface area contributed by atoms with Gasteiger partial charge in [0, 0.05) is 18.3 Å². The summed E-state index contributed by atoms with van der Waals surface area (Å²) in [4.78, 5) is 32.2.